The van der Waals surface area contributed by atoms with Crippen molar-refractivity contribution >= 4 is 34.0 Å². The van der Waals surface area contributed by atoms with Crippen LogP contribution in [0.2, 0.25) is 0 Å². The Bertz CT molecular complexity index is 958. The van der Waals surface area contributed by atoms with Gasteiger partial charge in [0.15, 0.2) is 5.13 Å². The standard InChI is InChI=1S/C19H15F2N3O2S/c20-13-6-4-12(5-7-13)18(26)24-19-23-16(11-27-19)8-9-17(25)22-15-3-1-2-14(21)10-15/h1-7,10-11H,8-9H2,(H,22,25)(H,23,24,26). The van der Waals surface area contributed by atoms with E-state index in [0.717, 1.165) is 0 Å². The van der Waals surface area contributed by atoms with Gasteiger partial charge in [-0.3, -0.25) is 14.9 Å². The molecule has 1 heterocycles. The maximum atomic E-state index is 13.1. The van der Waals surface area contributed by atoms with E-state index >= 15 is 0 Å². The third-order valence-electron chi connectivity index (χ3n) is 3.60. The highest BCUT2D eigenvalue weighted by atomic mass is 32.1. The van der Waals surface area contributed by atoms with Crippen molar-refractivity contribution in [1.29, 1.82) is 0 Å². The van der Waals surface area contributed by atoms with Crippen LogP contribution in [0.5, 0.6) is 0 Å². The summed E-state index contributed by atoms with van der Waals surface area (Å²) in [4.78, 5) is 28.3. The second kappa shape index (κ2) is 8.50. The molecule has 8 heteroatoms. The molecule has 0 aliphatic heterocycles. The van der Waals surface area contributed by atoms with Crippen molar-refractivity contribution < 1.29 is 18.4 Å². The average molecular weight is 387 g/mol. The van der Waals surface area contributed by atoms with Crippen LogP contribution in [0.25, 0.3) is 0 Å². The molecule has 0 spiro atoms. The normalized spacial score (nSPS) is 10.4. The van der Waals surface area contributed by atoms with Gasteiger partial charge in [-0.15, -0.1) is 11.3 Å². The smallest absolute Gasteiger partial charge is 0.257 e. The Balaban J connectivity index is 1.51. The first kappa shape index (κ1) is 18.7. The first-order valence-electron chi connectivity index (χ1n) is 8.06. The molecule has 0 radical (unpaired) electrons. The van der Waals surface area contributed by atoms with Crippen LogP contribution in [-0.4, -0.2) is 16.8 Å². The van der Waals surface area contributed by atoms with Crippen LogP contribution in [0.15, 0.2) is 53.9 Å². The lowest BCUT2D eigenvalue weighted by molar-refractivity contribution is -0.116. The Labute approximate surface area is 158 Å². The van der Waals surface area contributed by atoms with E-state index in [1.807, 2.05) is 0 Å². The van der Waals surface area contributed by atoms with Gasteiger partial charge in [0.2, 0.25) is 5.91 Å². The number of benzene rings is 2. The van der Waals surface area contributed by atoms with E-state index in [0.29, 0.717) is 28.5 Å². The van der Waals surface area contributed by atoms with Gasteiger partial charge in [-0.05, 0) is 48.9 Å². The van der Waals surface area contributed by atoms with Gasteiger partial charge >= 0.3 is 0 Å². The Kier molecular flexibility index (Phi) is 5.87. The van der Waals surface area contributed by atoms with Crippen LogP contribution in [-0.2, 0) is 11.2 Å². The molecule has 0 saturated carbocycles. The largest absolute Gasteiger partial charge is 0.326 e. The number of nitrogens with one attached hydrogen (secondary N) is 2. The molecule has 2 aromatic carbocycles. The lowest BCUT2D eigenvalue weighted by Gasteiger charge is -2.04. The lowest BCUT2D eigenvalue weighted by atomic mass is 10.2. The molecular weight excluding hydrogens is 372 g/mol. The molecule has 138 valence electrons. The number of amides is 2. The number of rotatable bonds is 6. The van der Waals surface area contributed by atoms with Crippen LogP contribution in [0.1, 0.15) is 22.5 Å². The number of carbonyl (C=O) groups excluding carboxylic acids is 2. The summed E-state index contributed by atoms with van der Waals surface area (Å²) in [5, 5.41) is 7.39. The van der Waals surface area contributed by atoms with Crippen molar-refractivity contribution in [3.05, 3.63) is 76.8 Å². The number of hydrogen-bond donors (Lipinski definition) is 2. The maximum absolute atomic E-state index is 13.1. The fourth-order valence-corrected chi connectivity index (χ4v) is 3.02. The minimum absolute atomic E-state index is 0.172. The number of thiazole rings is 1. The second-order valence-electron chi connectivity index (χ2n) is 5.66. The van der Waals surface area contributed by atoms with Crippen molar-refractivity contribution in [3.8, 4) is 0 Å². The van der Waals surface area contributed by atoms with Gasteiger partial charge in [-0.2, -0.15) is 0 Å². The van der Waals surface area contributed by atoms with Crippen LogP contribution in [0.3, 0.4) is 0 Å². The molecule has 0 aliphatic carbocycles. The molecule has 3 rings (SSSR count). The summed E-state index contributed by atoms with van der Waals surface area (Å²) >= 11 is 1.23. The highest BCUT2D eigenvalue weighted by Crippen LogP contribution is 2.18. The van der Waals surface area contributed by atoms with E-state index in [1.165, 1.54) is 53.8 Å². The molecule has 27 heavy (non-hydrogen) atoms. The predicted octanol–water partition coefficient (Wildman–Crippen LogP) is 4.24. The van der Waals surface area contributed by atoms with Crippen molar-refractivity contribution in [2.24, 2.45) is 0 Å². The van der Waals surface area contributed by atoms with Gasteiger partial charge in [-0.25, -0.2) is 13.8 Å². The molecule has 5 nitrogen and oxygen atoms in total. The van der Waals surface area contributed by atoms with E-state index in [2.05, 4.69) is 15.6 Å². The second-order valence-corrected chi connectivity index (χ2v) is 6.52. The predicted molar refractivity (Wildman–Crippen MR) is 99.8 cm³/mol. The van der Waals surface area contributed by atoms with E-state index in [9.17, 15) is 18.4 Å². The summed E-state index contributed by atoms with van der Waals surface area (Å²) < 4.78 is 26.0. The topological polar surface area (TPSA) is 71.1 Å². The molecule has 0 bridgehead atoms. The third kappa shape index (κ3) is 5.42. The fourth-order valence-electron chi connectivity index (χ4n) is 2.28. The lowest BCUT2D eigenvalue weighted by Crippen LogP contribution is -2.13. The minimum atomic E-state index is -0.422. The quantitative estimate of drug-likeness (QED) is 0.664. The average Bonchev–Trinajstić information content (AvgIpc) is 3.08. The van der Waals surface area contributed by atoms with E-state index in [1.54, 1.807) is 11.4 Å². The molecule has 0 fully saturated rings. The number of aryl methyl sites for hydroxylation is 1. The Hall–Kier alpha value is -3.13. The minimum Gasteiger partial charge on any atom is -0.326 e. The van der Waals surface area contributed by atoms with Crippen LogP contribution >= 0.6 is 11.3 Å². The zero-order chi connectivity index (χ0) is 19.2. The molecule has 2 amide bonds. The highest BCUT2D eigenvalue weighted by Gasteiger charge is 2.10. The van der Waals surface area contributed by atoms with E-state index < -0.39 is 11.6 Å². The Morgan fingerprint density at radius 3 is 2.52 bits per heavy atom. The summed E-state index contributed by atoms with van der Waals surface area (Å²) in [5.74, 6) is -1.49. The van der Waals surface area contributed by atoms with Crippen molar-refractivity contribution in [1.82, 2.24) is 4.98 Å². The maximum Gasteiger partial charge on any atom is 0.257 e. The monoisotopic (exact) mass is 387 g/mol. The molecule has 0 unspecified atom stereocenters. The van der Waals surface area contributed by atoms with Crippen molar-refractivity contribution in [2.45, 2.75) is 12.8 Å². The summed E-state index contributed by atoms with van der Waals surface area (Å²) in [5.41, 5.74) is 1.37. The Morgan fingerprint density at radius 1 is 1.00 bits per heavy atom. The molecular formula is C19H15F2N3O2S. The fraction of sp³-hybridized carbons (Fsp3) is 0.105. The first-order valence-corrected chi connectivity index (χ1v) is 8.94. The van der Waals surface area contributed by atoms with Crippen LogP contribution < -0.4 is 10.6 Å². The van der Waals surface area contributed by atoms with Crippen molar-refractivity contribution in [3.63, 3.8) is 0 Å². The van der Waals surface area contributed by atoms with E-state index in [-0.39, 0.29) is 18.2 Å². The SMILES string of the molecule is O=C(CCc1csc(NC(=O)c2ccc(F)cc2)n1)Nc1cccc(F)c1. The number of hydrogen-bond acceptors (Lipinski definition) is 4. The van der Waals surface area contributed by atoms with Gasteiger partial charge < -0.3 is 5.32 Å². The molecule has 2 N–H and O–H groups in total. The number of anilines is 2. The van der Waals surface area contributed by atoms with Gasteiger partial charge in [0.25, 0.3) is 5.91 Å². The summed E-state index contributed by atoms with van der Waals surface area (Å²) in [7, 11) is 0. The number of halogens is 2. The van der Waals surface area contributed by atoms with Gasteiger partial charge in [0.05, 0.1) is 5.69 Å². The highest BCUT2D eigenvalue weighted by molar-refractivity contribution is 7.14. The number of nitrogens with zero attached hydrogens (tertiary/aromatic N) is 1. The number of aromatic nitrogens is 1. The molecule has 3 aromatic rings. The van der Waals surface area contributed by atoms with Gasteiger partial charge in [0, 0.05) is 23.1 Å². The van der Waals surface area contributed by atoms with Crippen molar-refractivity contribution in [2.75, 3.05) is 10.6 Å². The number of carbonyl (C=O) groups is 2. The van der Waals surface area contributed by atoms with Gasteiger partial charge in [-0.1, -0.05) is 6.07 Å². The molecule has 1 aromatic heterocycles. The first-order chi connectivity index (χ1) is 13.0. The Morgan fingerprint density at radius 2 is 1.78 bits per heavy atom. The zero-order valence-corrected chi connectivity index (χ0v) is 14.9. The molecule has 0 aliphatic rings. The van der Waals surface area contributed by atoms with Crippen LogP contribution in [0, 0.1) is 11.6 Å². The molecule has 0 atom stereocenters. The van der Waals surface area contributed by atoms with E-state index in [4.69, 9.17) is 0 Å². The van der Waals surface area contributed by atoms with Crippen LogP contribution in [0.4, 0.5) is 19.6 Å². The summed E-state index contributed by atoms with van der Waals surface area (Å²) in [6, 6.07) is 10.8. The van der Waals surface area contributed by atoms with Gasteiger partial charge in [0.1, 0.15) is 11.6 Å². The zero-order valence-electron chi connectivity index (χ0n) is 14.0. The molecule has 0 saturated heterocycles. The summed E-state index contributed by atoms with van der Waals surface area (Å²) in [6.45, 7) is 0. The summed E-state index contributed by atoms with van der Waals surface area (Å²) in [6.07, 6.45) is 0.551. The third-order valence-corrected chi connectivity index (χ3v) is 4.40.